The second-order valence-electron chi connectivity index (χ2n) is 9.01. The molecule has 1 atom stereocenters. The van der Waals surface area contributed by atoms with Crippen LogP contribution in [-0.2, 0) is 11.2 Å². The molecule has 0 bridgehead atoms. The molecular formula is C30H27N3O5S. The normalized spacial score (nSPS) is 11.7. The summed E-state index contributed by atoms with van der Waals surface area (Å²) in [5.41, 5.74) is 3.91. The molecule has 8 nitrogen and oxygen atoms in total. The summed E-state index contributed by atoms with van der Waals surface area (Å²) in [7, 11) is 1.89. The van der Waals surface area contributed by atoms with Gasteiger partial charge >= 0.3 is 5.97 Å². The van der Waals surface area contributed by atoms with Gasteiger partial charge in [0, 0.05) is 29.8 Å². The third-order valence-electron chi connectivity index (χ3n) is 6.24. The van der Waals surface area contributed by atoms with Crippen LogP contribution in [-0.4, -0.2) is 48.1 Å². The standard InChI is InChI=1S/C30H27N3O5S/c1-33(30-32-24-9-5-6-10-27(24)38-30)15-16-37-22-13-11-20(12-14-22)17-25(29(35)36)31-26-19-39-18-23(26)28(34)21-7-3-2-4-8-21/h2-14,18-19,25,31H,15-17H2,1H3,(H,35,36). The van der Waals surface area contributed by atoms with Gasteiger partial charge in [0.15, 0.2) is 11.4 Å². The Morgan fingerprint density at radius 1 is 1.03 bits per heavy atom. The lowest BCUT2D eigenvalue weighted by molar-refractivity contribution is -0.137. The smallest absolute Gasteiger partial charge is 0.326 e. The second-order valence-corrected chi connectivity index (χ2v) is 9.76. The Labute approximate surface area is 229 Å². The lowest BCUT2D eigenvalue weighted by Gasteiger charge is -2.17. The van der Waals surface area contributed by atoms with E-state index in [0.29, 0.717) is 41.7 Å². The summed E-state index contributed by atoms with van der Waals surface area (Å²) in [4.78, 5) is 31.3. The second kappa shape index (κ2) is 11.8. The van der Waals surface area contributed by atoms with Gasteiger partial charge in [0.2, 0.25) is 0 Å². The summed E-state index contributed by atoms with van der Waals surface area (Å²) >= 11 is 1.35. The molecule has 0 spiro atoms. The third kappa shape index (κ3) is 6.27. The fourth-order valence-electron chi connectivity index (χ4n) is 4.09. The number of carbonyl (C=O) groups is 2. The van der Waals surface area contributed by atoms with E-state index in [0.717, 1.165) is 16.7 Å². The van der Waals surface area contributed by atoms with Crippen LogP contribution in [0.25, 0.3) is 11.1 Å². The van der Waals surface area contributed by atoms with Crippen LogP contribution >= 0.6 is 11.3 Å². The number of para-hydroxylation sites is 2. The molecule has 0 saturated heterocycles. The molecule has 0 fully saturated rings. The molecular weight excluding hydrogens is 514 g/mol. The fourth-order valence-corrected chi connectivity index (χ4v) is 4.86. The number of fused-ring (bicyclic) bond motifs is 1. The Kier molecular flexibility index (Phi) is 7.88. The first-order valence-electron chi connectivity index (χ1n) is 12.4. The number of likely N-dealkylation sites (N-methyl/N-ethyl adjacent to an activating group) is 1. The van der Waals surface area contributed by atoms with Crippen LogP contribution in [0.15, 0.2) is 94.0 Å². The molecule has 39 heavy (non-hydrogen) atoms. The van der Waals surface area contributed by atoms with Crippen molar-refractivity contribution in [1.82, 2.24) is 4.98 Å². The average molecular weight is 542 g/mol. The van der Waals surface area contributed by atoms with E-state index in [1.807, 2.05) is 66.5 Å². The Morgan fingerprint density at radius 3 is 2.51 bits per heavy atom. The number of benzene rings is 3. The van der Waals surface area contributed by atoms with Crippen molar-refractivity contribution in [3.05, 3.63) is 106 Å². The molecule has 5 aromatic rings. The van der Waals surface area contributed by atoms with Crippen molar-refractivity contribution < 1.29 is 23.8 Å². The van der Waals surface area contributed by atoms with Crippen molar-refractivity contribution in [3.63, 3.8) is 0 Å². The predicted molar refractivity (Wildman–Crippen MR) is 152 cm³/mol. The molecule has 0 aliphatic heterocycles. The van der Waals surface area contributed by atoms with Crippen LogP contribution in [0.1, 0.15) is 21.5 Å². The number of aromatic nitrogens is 1. The number of ketones is 1. The number of hydrogen-bond acceptors (Lipinski definition) is 8. The number of nitrogens with one attached hydrogen (secondary N) is 1. The maximum atomic E-state index is 12.9. The van der Waals surface area contributed by atoms with Gasteiger partial charge in [-0.05, 0) is 29.8 Å². The van der Waals surface area contributed by atoms with Gasteiger partial charge in [0.05, 0.1) is 17.8 Å². The summed E-state index contributed by atoms with van der Waals surface area (Å²) in [6.45, 7) is 0.995. The molecule has 3 aromatic carbocycles. The van der Waals surface area contributed by atoms with Crippen molar-refractivity contribution in [3.8, 4) is 5.75 Å². The lowest BCUT2D eigenvalue weighted by Crippen LogP contribution is -2.32. The molecule has 0 amide bonds. The number of hydrogen-bond donors (Lipinski definition) is 2. The highest BCUT2D eigenvalue weighted by molar-refractivity contribution is 7.08. The van der Waals surface area contributed by atoms with E-state index in [-0.39, 0.29) is 12.2 Å². The van der Waals surface area contributed by atoms with Crippen molar-refractivity contribution in [2.24, 2.45) is 0 Å². The first-order chi connectivity index (χ1) is 19.0. The van der Waals surface area contributed by atoms with Crippen LogP contribution in [0.5, 0.6) is 5.75 Å². The van der Waals surface area contributed by atoms with Crippen LogP contribution in [0.3, 0.4) is 0 Å². The molecule has 198 valence electrons. The van der Waals surface area contributed by atoms with Crippen LogP contribution in [0.4, 0.5) is 11.7 Å². The minimum Gasteiger partial charge on any atom is -0.492 e. The van der Waals surface area contributed by atoms with Gasteiger partial charge in [0.25, 0.3) is 6.01 Å². The number of oxazole rings is 1. The summed E-state index contributed by atoms with van der Waals surface area (Å²) < 4.78 is 11.6. The number of ether oxygens (including phenoxy) is 1. The predicted octanol–water partition coefficient (Wildman–Crippen LogP) is 5.74. The van der Waals surface area contributed by atoms with Gasteiger partial charge in [-0.3, -0.25) is 4.79 Å². The lowest BCUT2D eigenvalue weighted by atomic mass is 10.0. The molecule has 0 aliphatic carbocycles. The highest BCUT2D eigenvalue weighted by Gasteiger charge is 2.22. The van der Waals surface area contributed by atoms with Gasteiger partial charge in [-0.2, -0.15) is 4.98 Å². The number of carboxylic acid groups (broad SMARTS) is 1. The van der Waals surface area contributed by atoms with Crippen LogP contribution in [0.2, 0.25) is 0 Å². The highest BCUT2D eigenvalue weighted by Crippen LogP contribution is 2.26. The third-order valence-corrected chi connectivity index (χ3v) is 6.98. The van der Waals surface area contributed by atoms with Gasteiger partial charge in [-0.25, -0.2) is 4.79 Å². The van der Waals surface area contributed by atoms with E-state index in [4.69, 9.17) is 9.15 Å². The number of nitrogens with zero attached hydrogens (tertiary/aromatic N) is 2. The van der Waals surface area contributed by atoms with Crippen molar-refractivity contribution >= 4 is 45.9 Å². The van der Waals surface area contributed by atoms with Crippen molar-refractivity contribution in [2.45, 2.75) is 12.5 Å². The number of anilines is 2. The Morgan fingerprint density at radius 2 is 1.77 bits per heavy atom. The SMILES string of the molecule is CN(CCOc1ccc(CC(Nc2cscc2C(=O)c2ccccc2)C(=O)O)cc1)c1nc2ccccc2o1. The summed E-state index contributed by atoms with van der Waals surface area (Å²) in [6, 6.07) is 23.5. The van der Waals surface area contributed by atoms with Gasteiger partial charge < -0.3 is 24.5 Å². The van der Waals surface area contributed by atoms with Crippen LogP contribution < -0.4 is 15.0 Å². The molecule has 2 aromatic heterocycles. The minimum absolute atomic E-state index is 0.147. The van der Waals surface area contributed by atoms with E-state index in [1.54, 1.807) is 35.0 Å². The Hall–Kier alpha value is -4.63. The molecule has 0 saturated carbocycles. The molecule has 1 unspecified atom stereocenters. The minimum atomic E-state index is -0.998. The Balaban J connectivity index is 1.16. The maximum absolute atomic E-state index is 12.9. The summed E-state index contributed by atoms with van der Waals surface area (Å²) in [5, 5.41) is 16.4. The fraction of sp³-hybridized carbons (Fsp3) is 0.167. The molecule has 2 heterocycles. The highest BCUT2D eigenvalue weighted by atomic mass is 32.1. The number of rotatable bonds is 12. The number of carbonyl (C=O) groups excluding carboxylic acids is 1. The first kappa shape index (κ1) is 26.0. The molecule has 5 rings (SSSR count). The summed E-state index contributed by atoms with van der Waals surface area (Å²) in [6.07, 6.45) is 0.241. The molecule has 9 heteroatoms. The largest absolute Gasteiger partial charge is 0.492 e. The van der Waals surface area contributed by atoms with E-state index in [1.165, 1.54) is 11.3 Å². The number of aliphatic carboxylic acids is 1. The van der Waals surface area contributed by atoms with Gasteiger partial charge in [-0.1, -0.05) is 54.6 Å². The van der Waals surface area contributed by atoms with Crippen molar-refractivity contribution in [2.75, 3.05) is 30.4 Å². The zero-order chi connectivity index (χ0) is 27.2. The quantitative estimate of drug-likeness (QED) is 0.193. The maximum Gasteiger partial charge on any atom is 0.326 e. The molecule has 0 radical (unpaired) electrons. The molecule has 0 aliphatic rings. The number of carboxylic acids is 1. The topological polar surface area (TPSA) is 105 Å². The number of thiophene rings is 1. The zero-order valence-electron chi connectivity index (χ0n) is 21.2. The molecule has 2 N–H and O–H groups in total. The van der Waals surface area contributed by atoms with Crippen molar-refractivity contribution in [1.29, 1.82) is 0 Å². The first-order valence-corrected chi connectivity index (χ1v) is 13.4. The van der Waals surface area contributed by atoms with Gasteiger partial charge in [-0.15, -0.1) is 11.3 Å². The van der Waals surface area contributed by atoms with E-state index >= 15 is 0 Å². The van der Waals surface area contributed by atoms with E-state index in [2.05, 4.69) is 10.3 Å². The average Bonchev–Trinajstić information content (AvgIpc) is 3.61. The Bertz CT molecular complexity index is 1530. The monoisotopic (exact) mass is 541 g/mol. The summed E-state index contributed by atoms with van der Waals surface area (Å²) in [5.74, 6) is -0.466. The van der Waals surface area contributed by atoms with Gasteiger partial charge in [0.1, 0.15) is 23.9 Å². The van der Waals surface area contributed by atoms with Crippen LogP contribution in [0, 0.1) is 0 Å². The zero-order valence-corrected chi connectivity index (χ0v) is 22.1. The van der Waals surface area contributed by atoms with E-state index in [9.17, 15) is 14.7 Å². The van der Waals surface area contributed by atoms with E-state index < -0.39 is 12.0 Å².